The van der Waals surface area contributed by atoms with Gasteiger partial charge in [-0.25, -0.2) is 4.79 Å². The first-order valence-corrected chi connectivity index (χ1v) is 8.24. The van der Waals surface area contributed by atoms with E-state index in [-0.39, 0.29) is 17.9 Å². The number of carbonyl (C=O) groups is 2. The minimum Gasteiger partial charge on any atom is -0.462 e. The third kappa shape index (κ3) is 4.17. The molecule has 0 radical (unpaired) electrons. The van der Waals surface area contributed by atoms with Crippen molar-refractivity contribution >= 4 is 17.8 Å². The number of H-pyrrole nitrogens is 1. The Balaban J connectivity index is 2.30. The van der Waals surface area contributed by atoms with Crippen LogP contribution in [0.25, 0.3) is 6.08 Å². The first-order chi connectivity index (χ1) is 12.5. The van der Waals surface area contributed by atoms with Crippen LogP contribution in [0.2, 0.25) is 0 Å². The maximum absolute atomic E-state index is 12.7. The summed E-state index contributed by atoms with van der Waals surface area (Å²) in [6.07, 6.45) is 4.93. The standard InChI is InChI=1S/C21H20N2O3/c1-4-26-21(25)18-14(2)19(23-15(18)3)20(24)17(13-22)12-8-11-16-9-6-5-7-10-16/h5-12,23H,4H2,1-3H3/b11-8+,17-12-. The van der Waals surface area contributed by atoms with Gasteiger partial charge in [-0.2, -0.15) is 5.26 Å². The number of benzene rings is 1. The van der Waals surface area contributed by atoms with Crippen molar-refractivity contribution in [3.8, 4) is 6.07 Å². The lowest BCUT2D eigenvalue weighted by molar-refractivity contribution is 0.0525. The fourth-order valence-corrected chi connectivity index (χ4v) is 2.60. The van der Waals surface area contributed by atoms with Gasteiger partial charge in [0.1, 0.15) is 11.6 Å². The van der Waals surface area contributed by atoms with E-state index in [1.165, 1.54) is 6.08 Å². The zero-order valence-corrected chi connectivity index (χ0v) is 15.0. The quantitative estimate of drug-likeness (QED) is 0.279. The van der Waals surface area contributed by atoms with Crippen molar-refractivity contribution in [2.45, 2.75) is 20.8 Å². The van der Waals surface area contributed by atoms with E-state index in [2.05, 4.69) is 4.98 Å². The molecule has 2 rings (SSSR count). The van der Waals surface area contributed by atoms with Crippen LogP contribution in [0.15, 0.2) is 48.1 Å². The minimum absolute atomic E-state index is 0.0167. The van der Waals surface area contributed by atoms with Crippen LogP contribution >= 0.6 is 0 Å². The molecule has 0 saturated heterocycles. The predicted octanol–water partition coefficient (Wildman–Crippen LogP) is 4.15. The molecule has 0 aliphatic carbocycles. The Morgan fingerprint density at radius 2 is 1.92 bits per heavy atom. The molecule has 0 spiro atoms. The predicted molar refractivity (Wildman–Crippen MR) is 99.7 cm³/mol. The highest BCUT2D eigenvalue weighted by Crippen LogP contribution is 2.21. The van der Waals surface area contributed by atoms with Gasteiger partial charge in [0, 0.05) is 5.69 Å². The van der Waals surface area contributed by atoms with Gasteiger partial charge in [-0.05, 0) is 38.0 Å². The number of aromatic amines is 1. The Kier molecular flexibility index (Phi) is 6.29. The zero-order valence-electron chi connectivity index (χ0n) is 15.0. The van der Waals surface area contributed by atoms with E-state index in [1.807, 2.05) is 42.5 Å². The molecule has 0 unspecified atom stereocenters. The molecule has 0 saturated carbocycles. The molecule has 1 aromatic heterocycles. The van der Waals surface area contributed by atoms with Crippen LogP contribution in [-0.4, -0.2) is 23.3 Å². The van der Waals surface area contributed by atoms with Crippen molar-refractivity contribution < 1.29 is 14.3 Å². The molecule has 1 N–H and O–H groups in total. The van der Waals surface area contributed by atoms with Gasteiger partial charge in [0.2, 0.25) is 5.78 Å². The number of aryl methyl sites for hydroxylation is 1. The van der Waals surface area contributed by atoms with Gasteiger partial charge in [0.05, 0.1) is 17.9 Å². The number of rotatable bonds is 6. The number of nitriles is 1. The minimum atomic E-state index is -0.482. The number of nitrogens with one attached hydrogen (secondary N) is 1. The van der Waals surface area contributed by atoms with Crippen molar-refractivity contribution in [1.82, 2.24) is 4.98 Å². The van der Waals surface area contributed by atoms with Crippen molar-refractivity contribution in [3.63, 3.8) is 0 Å². The summed E-state index contributed by atoms with van der Waals surface area (Å²) < 4.78 is 5.02. The third-order valence-electron chi connectivity index (χ3n) is 3.86. The maximum Gasteiger partial charge on any atom is 0.340 e. The number of carbonyl (C=O) groups excluding carboxylic acids is 2. The molecule has 0 fully saturated rings. The summed E-state index contributed by atoms with van der Waals surface area (Å²) in [5.41, 5.74) is 2.54. The number of nitrogens with zero attached hydrogens (tertiary/aromatic N) is 1. The monoisotopic (exact) mass is 348 g/mol. The van der Waals surface area contributed by atoms with Crippen LogP contribution in [0.4, 0.5) is 0 Å². The van der Waals surface area contributed by atoms with Gasteiger partial charge in [-0.1, -0.05) is 42.5 Å². The van der Waals surface area contributed by atoms with Crippen LogP contribution in [0.3, 0.4) is 0 Å². The Labute approximate surface area is 152 Å². The van der Waals surface area contributed by atoms with Gasteiger partial charge in [-0.3, -0.25) is 4.79 Å². The molecular formula is C21H20N2O3. The average Bonchev–Trinajstić information content (AvgIpc) is 2.93. The second kappa shape index (κ2) is 8.63. The fourth-order valence-electron chi connectivity index (χ4n) is 2.60. The highest BCUT2D eigenvalue weighted by atomic mass is 16.5. The molecule has 0 bridgehead atoms. The summed E-state index contributed by atoms with van der Waals surface area (Å²) >= 11 is 0. The lowest BCUT2D eigenvalue weighted by Gasteiger charge is -2.02. The fraction of sp³-hybridized carbons (Fsp3) is 0.190. The molecule has 0 aliphatic heterocycles. The molecule has 5 nitrogen and oxygen atoms in total. The van der Waals surface area contributed by atoms with Crippen molar-refractivity contribution in [2.75, 3.05) is 6.61 Å². The average molecular weight is 348 g/mol. The largest absolute Gasteiger partial charge is 0.462 e. The lowest BCUT2D eigenvalue weighted by Crippen LogP contribution is -2.08. The molecule has 0 atom stereocenters. The second-order valence-corrected chi connectivity index (χ2v) is 5.64. The number of Topliss-reactive ketones (excluding diaryl/α,β-unsaturated/α-hetero) is 1. The molecule has 1 heterocycles. The van der Waals surface area contributed by atoms with Gasteiger partial charge in [0.15, 0.2) is 0 Å². The number of esters is 1. The number of hydrogen-bond acceptors (Lipinski definition) is 4. The number of ketones is 1. The highest BCUT2D eigenvalue weighted by molar-refractivity contribution is 6.12. The number of aromatic nitrogens is 1. The van der Waals surface area contributed by atoms with Crippen LogP contribution in [0, 0.1) is 25.2 Å². The SMILES string of the molecule is CCOC(=O)c1c(C)[nH]c(C(=O)/C(C#N)=C\C=C\c2ccccc2)c1C. The van der Waals surface area contributed by atoms with E-state index in [4.69, 9.17) is 4.74 Å². The smallest absolute Gasteiger partial charge is 0.340 e. The maximum atomic E-state index is 12.7. The zero-order chi connectivity index (χ0) is 19.1. The first kappa shape index (κ1) is 18.9. The van der Waals surface area contributed by atoms with Crippen molar-refractivity contribution in [1.29, 1.82) is 5.26 Å². The first-order valence-electron chi connectivity index (χ1n) is 8.24. The molecule has 5 heteroatoms. The van der Waals surface area contributed by atoms with Crippen LogP contribution < -0.4 is 0 Å². The summed E-state index contributed by atoms with van der Waals surface area (Å²) in [5, 5.41) is 9.34. The van der Waals surface area contributed by atoms with E-state index in [1.54, 1.807) is 26.8 Å². The second-order valence-electron chi connectivity index (χ2n) is 5.64. The lowest BCUT2D eigenvalue weighted by atomic mass is 10.0. The summed E-state index contributed by atoms with van der Waals surface area (Å²) in [7, 11) is 0. The van der Waals surface area contributed by atoms with Crippen molar-refractivity contribution in [2.24, 2.45) is 0 Å². The van der Waals surface area contributed by atoms with E-state index in [0.29, 0.717) is 16.8 Å². The van der Waals surface area contributed by atoms with E-state index < -0.39 is 11.8 Å². The Bertz CT molecular complexity index is 913. The molecule has 0 amide bonds. The van der Waals surface area contributed by atoms with Crippen LogP contribution in [-0.2, 0) is 4.74 Å². The number of ether oxygens (including phenoxy) is 1. The third-order valence-corrected chi connectivity index (χ3v) is 3.86. The van der Waals surface area contributed by atoms with Gasteiger partial charge in [0.25, 0.3) is 0 Å². The summed E-state index contributed by atoms with van der Waals surface area (Å²) in [5.74, 6) is -0.939. The Morgan fingerprint density at radius 3 is 2.54 bits per heavy atom. The van der Waals surface area contributed by atoms with Crippen LogP contribution in [0.5, 0.6) is 0 Å². The van der Waals surface area contributed by atoms with Crippen molar-refractivity contribution in [3.05, 3.63) is 76.1 Å². The molecule has 2 aromatic rings. The molecule has 26 heavy (non-hydrogen) atoms. The summed E-state index contributed by atoms with van der Waals surface area (Å²) in [4.78, 5) is 27.6. The van der Waals surface area contributed by atoms with Gasteiger partial charge in [-0.15, -0.1) is 0 Å². The molecular weight excluding hydrogens is 328 g/mol. The summed E-state index contributed by atoms with van der Waals surface area (Å²) in [6, 6.07) is 11.5. The van der Waals surface area contributed by atoms with Gasteiger partial charge >= 0.3 is 5.97 Å². The summed E-state index contributed by atoms with van der Waals surface area (Å²) in [6.45, 7) is 5.33. The molecule has 0 aliphatic rings. The number of allylic oxidation sites excluding steroid dienone is 3. The Morgan fingerprint density at radius 1 is 1.23 bits per heavy atom. The van der Waals surface area contributed by atoms with E-state index in [9.17, 15) is 14.9 Å². The van der Waals surface area contributed by atoms with Crippen LogP contribution in [0.1, 0.15) is 44.6 Å². The highest BCUT2D eigenvalue weighted by Gasteiger charge is 2.24. The van der Waals surface area contributed by atoms with E-state index in [0.717, 1.165) is 5.56 Å². The van der Waals surface area contributed by atoms with Gasteiger partial charge < -0.3 is 9.72 Å². The molecule has 132 valence electrons. The van der Waals surface area contributed by atoms with E-state index >= 15 is 0 Å². The Hall–Kier alpha value is -3.39. The molecule has 1 aromatic carbocycles. The topological polar surface area (TPSA) is 83.0 Å². The number of hydrogen-bond donors (Lipinski definition) is 1. The normalized spacial score (nSPS) is 11.4.